The lowest BCUT2D eigenvalue weighted by Gasteiger charge is -2.21. The minimum Gasteiger partial charge on any atom is -0.354 e. The maximum Gasteiger partial charge on any atom is 0.263 e. The maximum absolute atomic E-state index is 13.1. The Labute approximate surface area is 192 Å². The van der Waals surface area contributed by atoms with Crippen molar-refractivity contribution in [3.63, 3.8) is 0 Å². The number of amides is 1. The number of carbonyl (C=O) groups is 1. The topological polar surface area (TPSA) is 69.5 Å². The van der Waals surface area contributed by atoms with Crippen molar-refractivity contribution in [1.82, 2.24) is 29.4 Å². The van der Waals surface area contributed by atoms with E-state index in [-0.39, 0.29) is 5.91 Å². The van der Waals surface area contributed by atoms with Gasteiger partial charge in [0.2, 0.25) is 0 Å². The predicted octanol–water partition coefficient (Wildman–Crippen LogP) is 4.54. The van der Waals surface area contributed by atoms with E-state index in [4.69, 9.17) is 0 Å². The molecule has 0 aromatic carbocycles. The lowest BCUT2D eigenvalue weighted by molar-refractivity contribution is 0.0786. The first-order chi connectivity index (χ1) is 15.3. The fraction of sp³-hybridized carbons (Fsp3) is 0.458. The summed E-state index contributed by atoms with van der Waals surface area (Å²) in [6.07, 6.45) is 6.17. The van der Waals surface area contributed by atoms with Crippen molar-refractivity contribution in [2.75, 3.05) is 27.2 Å². The second kappa shape index (κ2) is 8.01. The van der Waals surface area contributed by atoms with Crippen LogP contribution >= 0.6 is 11.3 Å². The van der Waals surface area contributed by atoms with Gasteiger partial charge in [0.25, 0.3) is 5.91 Å². The third kappa shape index (κ3) is 3.71. The monoisotopic (exact) mass is 450 g/mol. The molecule has 0 saturated heterocycles. The molecule has 1 fully saturated rings. The van der Waals surface area contributed by atoms with Crippen molar-refractivity contribution < 1.29 is 4.79 Å². The van der Waals surface area contributed by atoms with Gasteiger partial charge in [-0.15, -0.1) is 11.3 Å². The van der Waals surface area contributed by atoms with E-state index in [2.05, 4.69) is 53.9 Å². The molecule has 4 aromatic rings. The van der Waals surface area contributed by atoms with E-state index in [1.165, 1.54) is 18.4 Å². The van der Waals surface area contributed by atoms with Crippen LogP contribution in [-0.2, 0) is 0 Å². The Morgan fingerprint density at radius 1 is 1.28 bits per heavy atom. The van der Waals surface area contributed by atoms with Gasteiger partial charge < -0.3 is 14.8 Å². The standard InChI is InChI=1S/C24H30N6OS/c1-14(2)20-21(16-10-15(3)23-25-13-26-30(23)12-16)27-18-11-19(32-22(18)20)24(31)29(5)9-8-28(4)17-6-7-17/h10-14,17,27H,6-9H2,1-5H3. The second-order valence-corrected chi connectivity index (χ2v) is 10.4. The van der Waals surface area contributed by atoms with Crippen LogP contribution in [0.2, 0.25) is 0 Å². The molecule has 4 heterocycles. The molecule has 0 radical (unpaired) electrons. The molecule has 5 rings (SSSR count). The summed E-state index contributed by atoms with van der Waals surface area (Å²) in [5.74, 6) is 0.414. The number of rotatable bonds is 7. The zero-order valence-electron chi connectivity index (χ0n) is 19.3. The van der Waals surface area contributed by atoms with Gasteiger partial charge in [0.1, 0.15) is 6.33 Å². The van der Waals surface area contributed by atoms with Crippen LogP contribution in [0.4, 0.5) is 0 Å². The fourth-order valence-corrected chi connectivity index (χ4v) is 5.72. The highest BCUT2D eigenvalue weighted by Gasteiger charge is 2.27. The van der Waals surface area contributed by atoms with E-state index in [0.717, 1.165) is 50.7 Å². The molecule has 0 bridgehead atoms. The number of aromatic amines is 1. The third-order valence-electron chi connectivity index (χ3n) is 6.45. The van der Waals surface area contributed by atoms with Gasteiger partial charge in [-0.25, -0.2) is 9.50 Å². The van der Waals surface area contributed by atoms with Crippen LogP contribution in [0.1, 0.15) is 53.4 Å². The molecular weight excluding hydrogens is 420 g/mol. The van der Waals surface area contributed by atoms with Crippen molar-refractivity contribution >= 4 is 33.1 Å². The van der Waals surface area contributed by atoms with Crippen LogP contribution in [-0.4, -0.2) is 68.5 Å². The highest BCUT2D eigenvalue weighted by Crippen LogP contribution is 2.40. The Hall–Kier alpha value is -2.71. The number of thiophene rings is 1. The van der Waals surface area contributed by atoms with Gasteiger partial charge in [-0.3, -0.25) is 4.79 Å². The van der Waals surface area contributed by atoms with Crippen LogP contribution in [0.15, 0.2) is 24.7 Å². The van der Waals surface area contributed by atoms with Crippen molar-refractivity contribution in [1.29, 1.82) is 0 Å². The molecule has 0 aliphatic heterocycles. The molecule has 0 atom stereocenters. The van der Waals surface area contributed by atoms with Crippen LogP contribution in [0, 0.1) is 6.92 Å². The average molecular weight is 451 g/mol. The predicted molar refractivity (Wildman–Crippen MR) is 130 cm³/mol. The number of nitrogens with zero attached hydrogens (tertiary/aromatic N) is 5. The molecule has 32 heavy (non-hydrogen) atoms. The molecule has 7 nitrogen and oxygen atoms in total. The molecule has 1 saturated carbocycles. The molecule has 1 N–H and O–H groups in total. The molecule has 0 spiro atoms. The lowest BCUT2D eigenvalue weighted by atomic mass is 9.99. The first-order valence-electron chi connectivity index (χ1n) is 11.2. The molecule has 8 heteroatoms. The summed E-state index contributed by atoms with van der Waals surface area (Å²) in [5, 5.41) is 4.32. The van der Waals surface area contributed by atoms with Gasteiger partial charge >= 0.3 is 0 Å². The molecule has 1 amide bonds. The van der Waals surface area contributed by atoms with Crippen LogP contribution in [0.25, 0.3) is 27.1 Å². The number of fused-ring (bicyclic) bond motifs is 2. The number of pyridine rings is 1. The minimum absolute atomic E-state index is 0.0972. The van der Waals surface area contributed by atoms with E-state index in [1.807, 2.05) is 28.7 Å². The first kappa shape index (κ1) is 21.2. The zero-order valence-corrected chi connectivity index (χ0v) is 20.2. The van der Waals surface area contributed by atoms with Crippen molar-refractivity contribution in [2.45, 2.75) is 45.6 Å². The summed E-state index contributed by atoms with van der Waals surface area (Å²) in [4.78, 5) is 26.0. The average Bonchev–Trinajstić information content (AvgIpc) is 3.19. The summed E-state index contributed by atoms with van der Waals surface area (Å²) >= 11 is 1.60. The largest absolute Gasteiger partial charge is 0.354 e. The van der Waals surface area contributed by atoms with Crippen molar-refractivity contribution in [3.8, 4) is 11.3 Å². The number of hydrogen-bond acceptors (Lipinski definition) is 5. The van der Waals surface area contributed by atoms with E-state index in [0.29, 0.717) is 12.0 Å². The third-order valence-corrected chi connectivity index (χ3v) is 7.60. The minimum atomic E-state index is 0.0972. The zero-order chi connectivity index (χ0) is 22.6. The molecule has 168 valence electrons. The Morgan fingerprint density at radius 3 is 2.78 bits per heavy atom. The smallest absolute Gasteiger partial charge is 0.263 e. The van der Waals surface area contributed by atoms with Gasteiger partial charge in [0.15, 0.2) is 5.65 Å². The molecule has 1 aliphatic carbocycles. The highest BCUT2D eigenvalue weighted by molar-refractivity contribution is 7.21. The first-order valence-corrected chi connectivity index (χ1v) is 12.1. The normalized spacial score (nSPS) is 14.3. The maximum atomic E-state index is 13.1. The van der Waals surface area contributed by atoms with Gasteiger partial charge in [-0.2, -0.15) is 5.10 Å². The Morgan fingerprint density at radius 2 is 2.06 bits per heavy atom. The Balaban J connectivity index is 1.46. The number of hydrogen-bond donors (Lipinski definition) is 1. The van der Waals surface area contributed by atoms with E-state index in [1.54, 1.807) is 17.7 Å². The van der Waals surface area contributed by atoms with Crippen LogP contribution < -0.4 is 0 Å². The number of nitrogens with one attached hydrogen (secondary N) is 1. The summed E-state index contributed by atoms with van der Waals surface area (Å²) in [5.41, 5.74) is 6.41. The Kier molecular flexibility index (Phi) is 5.29. The number of carbonyl (C=O) groups excluding carboxylic acids is 1. The molecule has 4 aromatic heterocycles. The Bertz CT molecular complexity index is 1290. The van der Waals surface area contributed by atoms with Gasteiger partial charge in [0, 0.05) is 37.9 Å². The molecular formula is C24H30N6OS. The summed E-state index contributed by atoms with van der Waals surface area (Å²) < 4.78 is 2.99. The lowest BCUT2D eigenvalue weighted by Crippen LogP contribution is -2.35. The molecule has 1 aliphatic rings. The summed E-state index contributed by atoms with van der Waals surface area (Å²) in [6, 6.07) is 4.88. The quantitative estimate of drug-likeness (QED) is 0.449. The summed E-state index contributed by atoms with van der Waals surface area (Å²) in [6.45, 7) is 8.13. The van der Waals surface area contributed by atoms with Crippen LogP contribution in [0.3, 0.4) is 0 Å². The van der Waals surface area contributed by atoms with E-state index in [9.17, 15) is 4.79 Å². The van der Waals surface area contributed by atoms with Crippen molar-refractivity contribution in [2.24, 2.45) is 0 Å². The highest BCUT2D eigenvalue weighted by atomic mass is 32.1. The van der Waals surface area contributed by atoms with Gasteiger partial charge in [-0.05, 0) is 56.0 Å². The summed E-state index contributed by atoms with van der Waals surface area (Å²) in [7, 11) is 4.06. The fourth-order valence-electron chi connectivity index (χ4n) is 4.41. The van der Waals surface area contributed by atoms with Crippen molar-refractivity contribution in [3.05, 3.63) is 40.7 Å². The van der Waals surface area contributed by atoms with E-state index >= 15 is 0 Å². The number of H-pyrrole nitrogens is 1. The van der Waals surface area contributed by atoms with Gasteiger partial charge in [0.05, 0.1) is 20.8 Å². The van der Waals surface area contributed by atoms with E-state index < -0.39 is 0 Å². The SMILES string of the molecule is Cc1cc(-c2[nH]c3cc(C(=O)N(C)CCN(C)C4CC4)sc3c2C(C)C)cn2ncnc12. The molecule has 0 unspecified atom stereocenters. The second-order valence-electron chi connectivity index (χ2n) is 9.30. The number of likely N-dealkylation sites (N-methyl/N-ethyl adjacent to an activating group) is 2. The van der Waals surface area contributed by atoms with Crippen LogP contribution in [0.5, 0.6) is 0 Å². The number of aryl methyl sites for hydroxylation is 1. The number of aromatic nitrogens is 4. The van der Waals surface area contributed by atoms with Gasteiger partial charge in [-0.1, -0.05) is 13.8 Å².